The summed E-state index contributed by atoms with van der Waals surface area (Å²) in [6.07, 6.45) is 1.63. The van der Waals surface area contributed by atoms with Crippen LogP contribution in [0.4, 0.5) is 0 Å². The van der Waals surface area contributed by atoms with Crippen molar-refractivity contribution < 1.29 is 14.6 Å². The van der Waals surface area contributed by atoms with Gasteiger partial charge in [0, 0.05) is 12.5 Å². The van der Waals surface area contributed by atoms with Gasteiger partial charge in [0.25, 0.3) is 0 Å². The Balaban J connectivity index is 2.57. The fourth-order valence-corrected chi connectivity index (χ4v) is 2.19. The molecule has 0 aliphatic carbocycles. The summed E-state index contributed by atoms with van der Waals surface area (Å²) in [6.45, 7) is 5.75. The van der Waals surface area contributed by atoms with E-state index in [0.717, 1.165) is 19.5 Å². The molecule has 1 aliphatic rings. The third-order valence-corrected chi connectivity index (χ3v) is 3.13. The van der Waals surface area contributed by atoms with Crippen molar-refractivity contribution in [3.63, 3.8) is 0 Å². The van der Waals surface area contributed by atoms with Crippen LogP contribution in [0.5, 0.6) is 0 Å². The Labute approximate surface area is 91.0 Å². The summed E-state index contributed by atoms with van der Waals surface area (Å²) in [6, 6.07) is 0. The van der Waals surface area contributed by atoms with E-state index in [1.54, 1.807) is 6.92 Å². The predicted octanol–water partition coefficient (Wildman–Crippen LogP) is 0.690. The van der Waals surface area contributed by atoms with Gasteiger partial charge in [-0.1, -0.05) is 6.92 Å². The monoisotopic (exact) mass is 215 g/mol. The number of hydrogen-bond donors (Lipinski definition) is 2. The van der Waals surface area contributed by atoms with Crippen molar-refractivity contribution in [3.8, 4) is 0 Å². The molecule has 0 aromatic heterocycles. The van der Waals surface area contributed by atoms with Gasteiger partial charge in [-0.25, -0.2) is 0 Å². The van der Waals surface area contributed by atoms with Crippen LogP contribution >= 0.6 is 0 Å². The molecule has 1 fully saturated rings. The van der Waals surface area contributed by atoms with Crippen molar-refractivity contribution in [2.45, 2.75) is 38.7 Å². The van der Waals surface area contributed by atoms with Crippen LogP contribution in [0.1, 0.15) is 33.1 Å². The Morgan fingerprint density at radius 3 is 2.93 bits per heavy atom. The summed E-state index contributed by atoms with van der Waals surface area (Å²) < 4.78 is 4.88. The summed E-state index contributed by atoms with van der Waals surface area (Å²) in [5.41, 5.74) is -0.869. The second-order valence-corrected chi connectivity index (χ2v) is 4.14. The maximum Gasteiger partial charge on any atom is 0.308 e. The maximum atomic E-state index is 11.4. The molecule has 0 bridgehead atoms. The minimum Gasteiger partial charge on any atom is -0.466 e. The fourth-order valence-electron chi connectivity index (χ4n) is 2.19. The Hall–Kier alpha value is -0.610. The highest BCUT2D eigenvalue weighted by molar-refractivity contribution is 5.70. The standard InChI is InChI=1S/C11H21NO3/c1-3-9-8-12-6-5-11(9,14)7-10(13)15-4-2/h9,12,14H,3-8H2,1-2H3. The van der Waals surface area contributed by atoms with Crippen molar-refractivity contribution in [1.82, 2.24) is 5.32 Å². The molecule has 1 saturated heterocycles. The first-order valence-corrected chi connectivity index (χ1v) is 5.71. The average molecular weight is 215 g/mol. The Morgan fingerprint density at radius 1 is 1.60 bits per heavy atom. The molecule has 2 atom stereocenters. The van der Waals surface area contributed by atoms with E-state index in [0.29, 0.717) is 13.0 Å². The molecule has 88 valence electrons. The van der Waals surface area contributed by atoms with E-state index in [1.807, 2.05) is 6.92 Å². The van der Waals surface area contributed by atoms with Gasteiger partial charge in [-0.2, -0.15) is 0 Å². The molecule has 1 heterocycles. The van der Waals surface area contributed by atoms with Gasteiger partial charge < -0.3 is 15.2 Å². The van der Waals surface area contributed by atoms with Crippen molar-refractivity contribution in [2.75, 3.05) is 19.7 Å². The average Bonchev–Trinajstić information content (AvgIpc) is 2.18. The van der Waals surface area contributed by atoms with Crippen LogP contribution in [0.15, 0.2) is 0 Å². The number of aliphatic hydroxyl groups is 1. The smallest absolute Gasteiger partial charge is 0.308 e. The number of carbonyl (C=O) groups excluding carboxylic acids is 1. The summed E-state index contributed by atoms with van der Waals surface area (Å²) in [5.74, 6) is -0.143. The summed E-state index contributed by atoms with van der Waals surface area (Å²) in [4.78, 5) is 11.4. The van der Waals surface area contributed by atoms with Gasteiger partial charge in [-0.15, -0.1) is 0 Å². The SMILES string of the molecule is CCOC(=O)CC1(O)CCNCC1CC. The first-order valence-electron chi connectivity index (χ1n) is 5.71. The molecule has 0 saturated carbocycles. The number of hydrogen-bond acceptors (Lipinski definition) is 4. The lowest BCUT2D eigenvalue weighted by molar-refractivity contribution is -0.152. The molecule has 0 aromatic carbocycles. The molecule has 4 heteroatoms. The lowest BCUT2D eigenvalue weighted by Gasteiger charge is -2.39. The molecule has 1 rings (SSSR count). The third kappa shape index (κ3) is 3.18. The quantitative estimate of drug-likeness (QED) is 0.677. The van der Waals surface area contributed by atoms with Crippen molar-refractivity contribution in [1.29, 1.82) is 0 Å². The van der Waals surface area contributed by atoms with E-state index in [-0.39, 0.29) is 18.3 Å². The lowest BCUT2D eigenvalue weighted by atomic mass is 9.78. The molecule has 2 unspecified atom stereocenters. The third-order valence-electron chi connectivity index (χ3n) is 3.13. The highest BCUT2D eigenvalue weighted by Crippen LogP contribution is 2.30. The second-order valence-electron chi connectivity index (χ2n) is 4.14. The number of carbonyl (C=O) groups is 1. The minimum absolute atomic E-state index is 0.126. The lowest BCUT2D eigenvalue weighted by Crippen LogP contribution is -2.51. The normalized spacial score (nSPS) is 31.3. The second kappa shape index (κ2) is 5.47. The van der Waals surface area contributed by atoms with Crippen LogP contribution in [-0.2, 0) is 9.53 Å². The molecule has 0 aromatic rings. The molecule has 15 heavy (non-hydrogen) atoms. The van der Waals surface area contributed by atoms with E-state index in [2.05, 4.69) is 5.32 Å². The van der Waals surface area contributed by atoms with Gasteiger partial charge in [-0.05, 0) is 26.3 Å². The van der Waals surface area contributed by atoms with Crippen LogP contribution in [0.2, 0.25) is 0 Å². The zero-order chi connectivity index (χ0) is 11.3. The van der Waals surface area contributed by atoms with Crippen molar-refractivity contribution in [2.24, 2.45) is 5.92 Å². The van der Waals surface area contributed by atoms with E-state index in [9.17, 15) is 9.90 Å². The zero-order valence-electron chi connectivity index (χ0n) is 9.58. The summed E-state index contributed by atoms with van der Waals surface area (Å²) >= 11 is 0. The molecule has 0 amide bonds. The molecular weight excluding hydrogens is 194 g/mol. The van der Waals surface area contributed by atoms with Gasteiger partial charge in [-0.3, -0.25) is 4.79 Å². The van der Waals surface area contributed by atoms with E-state index < -0.39 is 5.60 Å². The molecule has 2 N–H and O–H groups in total. The fraction of sp³-hybridized carbons (Fsp3) is 0.909. The van der Waals surface area contributed by atoms with Gasteiger partial charge in [0.1, 0.15) is 0 Å². The van der Waals surface area contributed by atoms with Crippen LogP contribution in [0.3, 0.4) is 0 Å². The Kier molecular flexibility index (Phi) is 4.54. The number of esters is 1. The van der Waals surface area contributed by atoms with Crippen LogP contribution in [0.25, 0.3) is 0 Å². The molecule has 0 radical (unpaired) electrons. The maximum absolute atomic E-state index is 11.4. The van der Waals surface area contributed by atoms with Crippen molar-refractivity contribution >= 4 is 5.97 Å². The summed E-state index contributed by atoms with van der Waals surface area (Å²) in [5, 5.41) is 13.6. The Bertz CT molecular complexity index is 220. The van der Waals surface area contributed by atoms with Crippen molar-refractivity contribution in [3.05, 3.63) is 0 Å². The van der Waals surface area contributed by atoms with Gasteiger partial charge in [0.15, 0.2) is 0 Å². The van der Waals surface area contributed by atoms with Gasteiger partial charge in [0.05, 0.1) is 18.6 Å². The number of nitrogens with one attached hydrogen (secondary N) is 1. The number of rotatable bonds is 4. The highest BCUT2D eigenvalue weighted by Gasteiger charge is 2.39. The molecule has 4 nitrogen and oxygen atoms in total. The van der Waals surface area contributed by atoms with E-state index in [1.165, 1.54) is 0 Å². The minimum atomic E-state index is -0.869. The van der Waals surface area contributed by atoms with Gasteiger partial charge in [0.2, 0.25) is 0 Å². The zero-order valence-corrected chi connectivity index (χ0v) is 9.58. The molecule has 0 spiro atoms. The topological polar surface area (TPSA) is 58.6 Å². The summed E-state index contributed by atoms with van der Waals surface area (Å²) in [7, 11) is 0. The van der Waals surface area contributed by atoms with Crippen LogP contribution in [-0.4, -0.2) is 36.4 Å². The van der Waals surface area contributed by atoms with Crippen LogP contribution in [0, 0.1) is 5.92 Å². The van der Waals surface area contributed by atoms with E-state index >= 15 is 0 Å². The largest absolute Gasteiger partial charge is 0.466 e. The predicted molar refractivity (Wildman–Crippen MR) is 57.5 cm³/mol. The first kappa shape index (κ1) is 12.5. The molecular formula is C11H21NO3. The molecule has 1 aliphatic heterocycles. The Morgan fingerprint density at radius 2 is 2.33 bits per heavy atom. The highest BCUT2D eigenvalue weighted by atomic mass is 16.5. The first-order chi connectivity index (χ1) is 7.12. The van der Waals surface area contributed by atoms with Crippen LogP contribution < -0.4 is 5.32 Å². The van der Waals surface area contributed by atoms with Gasteiger partial charge >= 0.3 is 5.97 Å². The number of ether oxygens (including phenoxy) is 1. The number of piperidine rings is 1. The van der Waals surface area contributed by atoms with E-state index in [4.69, 9.17) is 4.74 Å².